The van der Waals surface area contributed by atoms with E-state index in [0.717, 1.165) is 24.2 Å². The fraction of sp³-hybridized carbons (Fsp3) is 0.870. The lowest BCUT2D eigenvalue weighted by atomic mass is 9.51. The second-order valence-electron chi connectivity index (χ2n) is 22.3. The molecule has 0 amide bonds. The largest absolute Gasteiger partial charge is 0.469 e. The minimum Gasteiger partial charge on any atom is -0.469 e. The molecule has 0 spiro atoms. The Balaban J connectivity index is 0.739. The van der Waals surface area contributed by atoms with Crippen LogP contribution >= 0.6 is 0 Å². The lowest BCUT2D eigenvalue weighted by Gasteiger charge is -2.54. The normalized spacial score (nSPS) is 48.7. The Bertz CT molecular complexity index is 1990. The fourth-order valence-electron chi connectivity index (χ4n) is 13.7. The van der Waals surface area contributed by atoms with Gasteiger partial charge in [0.2, 0.25) is 0 Å². The van der Waals surface area contributed by atoms with Crippen molar-refractivity contribution in [1.82, 2.24) is 0 Å². The molecule has 7 fully saturated rings. The first kappa shape index (κ1) is 55.8. The highest BCUT2D eigenvalue weighted by molar-refractivity contribution is 5.89. The van der Waals surface area contributed by atoms with Crippen molar-refractivity contribution in [2.24, 2.45) is 17.3 Å². The van der Waals surface area contributed by atoms with Crippen LogP contribution in [0.25, 0.3) is 0 Å². The third kappa shape index (κ3) is 11.6. The van der Waals surface area contributed by atoms with E-state index in [2.05, 4.69) is 13.0 Å². The van der Waals surface area contributed by atoms with Gasteiger partial charge < -0.3 is 86.1 Å². The van der Waals surface area contributed by atoms with Crippen molar-refractivity contribution < 1.29 is 90.8 Å². The van der Waals surface area contributed by atoms with Crippen LogP contribution in [0.3, 0.4) is 0 Å². The first-order valence-electron chi connectivity index (χ1n) is 26.9. The number of methoxy groups -OCH3 is 4. The highest BCUT2D eigenvalue weighted by atomic mass is 16.8. The quantitative estimate of drug-likeness (QED) is 0.194. The van der Waals surface area contributed by atoms with Gasteiger partial charge in [-0.15, -0.1) is 0 Å². The average Bonchev–Trinajstić information content (AvgIpc) is 3.78. The van der Waals surface area contributed by atoms with Gasteiger partial charge in [0.25, 0.3) is 0 Å². The summed E-state index contributed by atoms with van der Waals surface area (Å²) >= 11 is 0. The van der Waals surface area contributed by atoms with Gasteiger partial charge in [-0.2, -0.15) is 0 Å². The van der Waals surface area contributed by atoms with E-state index in [1.54, 1.807) is 41.6 Å². The van der Waals surface area contributed by atoms with Crippen molar-refractivity contribution in [2.75, 3.05) is 28.4 Å². The van der Waals surface area contributed by atoms with Crippen LogP contribution in [0.4, 0.5) is 0 Å². The van der Waals surface area contributed by atoms with Gasteiger partial charge in [-0.3, -0.25) is 4.79 Å². The Morgan fingerprint density at radius 1 is 0.575 bits per heavy atom. The fourth-order valence-corrected chi connectivity index (χ4v) is 13.7. The van der Waals surface area contributed by atoms with Gasteiger partial charge in [-0.1, -0.05) is 18.6 Å². The molecular formula is C54H84O19. The number of ether oxygens (including phenoxy) is 14. The van der Waals surface area contributed by atoms with Crippen LogP contribution in [0.1, 0.15) is 123 Å². The van der Waals surface area contributed by atoms with E-state index in [1.165, 1.54) is 5.57 Å². The number of aliphatic hydroxyl groups excluding tert-OH is 3. The zero-order valence-electron chi connectivity index (χ0n) is 44.6. The van der Waals surface area contributed by atoms with Crippen LogP contribution in [0.5, 0.6) is 0 Å². The second-order valence-corrected chi connectivity index (χ2v) is 22.3. The number of allylic oxidation sites excluding steroid dienone is 1. The van der Waals surface area contributed by atoms with E-state index >= 15 is 0 Å². The van der Waals surface area contributed by atoms with Crippen LogP contribution in [-0.4, -0.2) is 185 Å². The van der Waals surface area contributed by atoms with Gasteiger partial charge in [0.15, 0.2) is 31.5 Å². The zero-order valence-corrected chi connectivity index (χ0v) is 44.6. The van der Waals surface area contributed by atoms with Gasteiger partial charge in [0.05, 0.1) is 79.5 Å². The molecule has 19 heteroatoms. The molecule has 0 radical (unpaired) electrons. The zero-order chi connectivity index (χ0) is 52.0. The first-order valence-corrected chi connectivity index (χ1v) is 26.9. The van der Waals surface area contributed by atoms with E-state index < -0.39 is 135 Å². The van der Waals surface area contributed by atoms with Gasteiger partial charge in [-0.05, 0) is 91.0 Å². The number of fused-ring (bicyclic) bond motifs is 3. The van der Waals surface area contributed by atoms with Crippen molar-refractivity contribution in [3.05, 3.63) is 35.3 Å². The lowest BCUT2D eigenvalue weighted by molar-refractivity contribution is -0.351. The molecule has 9 rings (SSSR count). The maximum absolute atomic E-state index is 13.9. The highest BCUT2D eigenvalue weighted by Gasteiger charge is 2.55. The standard InChI is InChI=1S/C54H84O19/c1-25-32(16-17-63-25)33-14-15-35-34(49(33)58)13-12-31-18-38(37(56)24-54(31,35)7)69-44-21-40(60-9)52(28(4)66-44)73-47-23-42(62-11)51(29(5)68-47)71-43-19-36(55)50(27(3)65-43)70-46-22-41(61-10)53(30(6)67-46)72-45-20-39(59-8)48(57)26(2)64-45/h12,16-17,26-30,33-48,50-53,55-57H,13-15,18-24H2,1-11H3. The molecule has 0 bridgehead atoms. The summed E-state index contributed by atoms with van der Waals surface area (Å²) in [5, 5.41) is 33.6. The third-order valence-electron chi connectivity index (χ3n) is 17.8. The maximum atomic E-state index is 13.9. The molecule has 5 aliphatic heterocycles. The molecule has 2 saturated carbocycles. The molecule has 5 saturated heterocycles. The summed E-state index contributed by atoms with van der Waals surface area (Å²) < 4.78 is 92.9. The Morgan fingerprint density at radius 2 is 1.04 bits per heavy atom. The summed E-state index contributed by atoms with van der Waals surface area (Å²) in [6.45, 7) is 13.5. The molecule has 26 unspecified atom stereocenters. The van der Waals surface area contributed by atoms with E-state index in [-0.39, 0.29) is 35.4 Å². The molecule has 6 heterocycles. The van der Waals surface area contributed by atoms with Crippen molar-refractivity contribution in [1.29, 1.82) is 0 Å². The third-order valence-corrected chi connectivity index (χ3v) is 17.8. The molecule has 1 aromatic heterocycles. The molecule has 0 aromatic carbocycles. The number of carbonyl (C=O) groups excluding carboxylic acids is 1. The van der Waals surface area contributed by atoms with Crippen LogP contribution in [0.15, 0.2) is 28.4 Å². The van der Waals surface area contributed by atoms with Crippen LogP contribution in [0, 0.1) is 24.2 Å². The summed E-state index contributed by atoms with van der Waals surface area (Å²) in [7, 11) is 6.44. The van der Waals surface area contributed by atoms with E-state index in [0.29, 0.717) is 44.9 Å². The minimum atomic E-state index is -0.936. The minimum absolute atomic E-state index is 0.0773. The van der Waals surface area contributed by atoms with E-state index in [4.69, 9.17) is 70.7 Å². The van der Waals surface area contributed by atoms with Gasteiger partial charge in [-0.25, -0.2) is 0 Å². The van der Waals surface area contributed by atoms with E-state index in [1.807, 2.05) is 40.7 Å². The molecule has 3 aliphatic carbocycles. The average molecular weight is 1040 g/mol. The Hall–Kier alpha value is -1.99. The number of Topliss-reactive ketones (excluding diaryl/α,β-unsaturated/α-hetero) is 1. The van der Waals surface area contributed by atoms with Gasteiger partial charge in [0.1, 0.15) is 42.1 Å². The monoisotopic (exact) mass is 1040 g/mol. The molecule has 26 atom stereocenters. The Morgan fingerprint density at radius 3 is 1.53 bits per heavy atom. The molecule has 19 nitrogen and oxygen atoms in total. The second kappa shape index (κ2) is 23.5. The maximum Gasteiger partial charge on any atom is 0.161 e. The summed E-state index contributed by atoms with van der Waals surface area (Å²) in [6.07, 6.45) is -3.59. The van der Waals surface area contributed by atoms with Crippen LogP contribution in [0.2, 0.25) is 0 Å². The molecule has 73 heavy (non-hydrogen) atoms. The van der Waals surface area contributed by atoms with Crippen molar-refractivity contribution >= 4 is 5.78 Å². The number of aliphatic hydroxyl groups is 3. The molecule has 8 aliphatic rings. The number of furan rings is 1. The number of aryl methyl sites for hydroxylation is 1. The summed E-state index contributed by atoms with van der Waals surface area (Å²) in [5.41, 5.74) is 1.97. The van der Waals surface area contributed by atoms with Gasteiger partial charge >= 0.3 is 0 Å². The Kier molecular flexibility index (Phi) is 18.0. The number of hydrogen-bond acceptors (Lipinski definition) is 19. The SMILES string of the molecule is COC1CC(OC2C(C)OC(OC3C(O)CC(OC4C(C)OC(OC5C(C)OC(OC6CC7=CCC8C(=O)C(c9ccoc9C)CCC8C7(C)CC6O)CC5OC)CC4OC)OC3C)CC2OC)OC(C)C1O. The van der Waals surface area contributed by atoms with Crippen molar-refractivity contribution in [2.45, 2.75) is 254 Å². The van der Waals surface area contributed by atoms with Gasteiger partial charge in [0, 0.05) is 77.9 Å². The van der Waals surface area contributed by atoms with Crippen molar-refractivity contribution in [3.8, 4) is 0 Å². The van der Waals surface area contributed by atoms with Crippen molar-refractivity contribution in [3.63, 3.8) is 0 Å². The number of rotatable bonds is 15. The van der Waals surface area contributed by atoms with E-state index in [9.17, 15) is 20.1 Å². The number of hydrogen-bond donors (Lipinski definition) is 3. The smallest absolute Gasteiger partial charge is 0.161 e. The topological polar surface area (TPSA) is 220 Å². The summed E-state index contributed by atoms with van der Waals surface area (Å²) in [5.74, 6) is 1.06. The lowest BCUT2D eigenvalue weighted by Crippen LogP contribution is -2.58. The van der Waals surface area contributed by atoms with Crippen LogP contribution in [-0.2, 0) is 71.1 Å². The molecule has 1 aromatic rings. The predicted octanol–water partition coefficient (Wildman–Crippen LogP) is 5.14. The molecule has 414 valence electrons. The summed E-state index contributed by atoms with van der Waals surface area (Å²) in [4.78, 5) is 13.9. The van der Waals surface area contributed by atoms with Crippen LogP contribution < -0.4 is 0 Å². The molecular weight excluding hydrogens is 953 g/mol. The molecule has 3 N–H and O–H groups in total. The highest BCUT2D eigenvalue weighted by Crippen LogP contribution is 2.58. The predicted molar refractivity (Wildman–Crippen MR) is 258 cm³/mol. The number of ketones is 1. The Labute approximate surface area is 430 Å². The number of carbonyl (C=O) groups is 1. The summed E-state index contributed by atoms with van der Waals surface area (Å²) in [6, 6.07) is 1.94. The first-order chi connectivity index (χ1) is 34.9.